The maximum atomic E-state index is 12.0. The van der Waals surface area contributed by atoms with Crippen LogP contribution in [0.4, 0.5) is 5.69 Å². The third kappa shape index (κ3) is 2.19. The van der Waals surface area contributed by atoms with Gasteiger partial charge in [0.25, 0.3) is 6.17 Å². The Morgan fingerprint density at radius 1 is 1.05 bits per heavy atom. The minimum atomic E-state index is -0.260. The zero-order valence-electron chi connectivity index (χ0n) is 10.9. The van der Waals surface area contributed by atoms with Gasteiger partial charge in [-0.2, -0.15) is 4.74 Å². The number of hydrogen-bond acceptors (Lipinski definition) is 2. The average molecular weight is 252 g/mol. The van der Waals surface area contributed by atoms with Crippen molar-refractivity contribution < 1.29 is 4.74 Å². The fourth-order valence-electron chi connectivity index (χ4n) is 2.44. The molecule has 3 rings (SSSR count). The monoisotopic (exact) mass is 252 g/mol. The summed E-state index contributed by atoms with van der Waals surface area (Å²) in [6, 6.07) is 18.2. The smallest absolute Gasteiger partial charge is 0.265 e. The van der Waals surface area contributed by atoms with E-state index in [1.165, 1.54) is 5.56 Å². The molecule has 0 N–H and O–H groups in total. The fraction of sp³-hybridized carbons (Fsp3) is 0.188. The van der Waals surface area contributed by atoms with Crippen molar-refractivity contribution >= 4 is 11.9 Å². The molecule has 0 fully saturated rings. The number of hydroxylamine groups is 1. The quantitative estimate of drug-likeness (QED) is 0.607. The molecule has 96 valence electrons. The molecule has 1 heterocycles. The first kappa shape index (κ1) is 11.8. The minimum absolute atomic E-state index is 0.260. The van der Waals surface area contributed by atoms with Crippen LogP contribution in [0.25, 0.3) is 0 Å². The molecular formula is C16H16N2O. The molecule has 0 bridgehead atoms. The van der Waals surface area contributed by atoms with E-state index in [-0.39, 0.29) is 6.17 Å². The van der Waals surface area contributed by atoms with Crippen LogP contribution in [0.5, 0.6) is 0 Å². The molecule has 0 aliphatic carbocycles. The molecule has 0 saturated carbocycles. The van der Waals surface area contributed by atoms with E-state index in [1.54, 1.807) is 6.21 Å². The Bertz CT molecular complexity index is 590. The summed E-state index contributed by atoms with van der Waals surface area (Å²) in [5.41, 5.74) is 3.32. The van der Waals surface area contributed by atoms with Crippen LogP contribution in [-0.2, 0) is 0 Å². The van der Waals surface area contributed by atoms with Gasteiger partial charge >= 0.3 is 0 Å². The Hall–Kier alpha value is -2.29. The second kappa shape index (κ2) is 4.76. The lowest BCUT2D eigenvalue weighted by molar-refractivity contribution is -0.493. The highest BCUT2D eigenvalue weighted by atomic mass is 16.5. The highest BCUT2D eigenvalue weighted by molar-refractivity contribution is 5.66. The summed E-state index contributed by atoms with van der Waals surface area (Å²) in [5.74, 6) is 0. The number of anilines is 1. The van der Waals surface area contributed by atoms with Crippen LogP contribution in [0.1, 0.15) is 17.3 Å². The summed E-state index contributed by atoms with van der Waals surface area (Å²) in [5, 5.41) is 12.0. The molecule has 0 spiro atoms. The van der Waals surface area contributed by atoms with Crippen molar-refractivity contribution in [3.05, 3.63) is 70.9 Å². The molecule has 0 amide bonds. The first-order chi connectivity index (χ1) is 9.25. The Morgan fingerprint density at radius 3 is 2.42 bits per heavy atom. The van der Waals surface area contributed by atoms with Crippen molar-refractivity contribution in [3.63, 3.8) is 0 Å². The Balaban J connectivity index is 1.96. The van der Waals surface area contributed by atoms with Crippen LogP contribution in [0.15, 0.2) is 54.6 Å². The van der Waals surface area contributed by atoms with Crippen LogP contribution >= 0.6 is 0 Å². The second-order valence-electron chi connectivity index (χ2n) is 4.81. The predicted octanol–water partition coefficient (Wildman–Crippen LogP) is 3.09. The number of hydrogen-bond donors (Lipinski definition) is 0. The van der Waals surface area contributed by atoms with Crippen molar-refractivity contribution in [2.45, 2.75) is 13.1 Å². The highest BCUT2D eigenvalue weighted by Crippen LogP contribution is 2.29. The van der Waals surface area contributed by atoms with E-state index >= 15 is 0 Å². The standard InChI is InChI=1S/C16H16N2O/c1-13-7-9-15(10-8-13)17-11-12-18(19)16(17)14-5-3-2-4-6-14/h2-10,12,16H,11H2,1H3. The molecular weight excluding hydrogens is 236 g/mol. The molecule has 1 unspecified atom stereocenters. The van der Waals surface area contributed by atoms with E-state index in [2.05, 4.69) is 36.1 Å². The number of rotatable bonds is 2. The zero-order chi connectivity index (χ0) is 13.2. The van der Waals surface area contributed by atoms with Gasteiger partial charge in [-0.15, -0.1) is 0 Å². The first-order valence-electron chi connectivity index (χ1n) is 6.43. The number of aryl methyl sites for hydroxylation is 1. The topological polar surface area (TPSA) is 29.3 Å². The van der Waals surface area contributed by atoms with Gasteiger partial charge in [0.15, 0.2) is 6.21 Å². The van der Waals surface area contributed by atoms with E-state index in [4.69, 9.17) is 0 Å². The molecule has 1 aliphatic rings. The lowest BCUT2D eigenvalue weighted by atomic mass is 10.1. The van der Waals surface area contributed by atoms with Crippen molar-refractivity contribution in [3.8, 4) is 0 Å². The molecule has 0 aromatic heterocycles. The summed E-state index contributed by atoms with van der Waals surface area (Å²) in [4.78, 5) is 2.11. The van der Waals surface area contributed by atoms with Crippen molar-refractivity contribution in [1.82, 2.24) is 0 Å². The molecule has 2 aromatic carbocycles. The Morgan fingerprint density at radius 2 is 1.74 bits per heavy atom. The molecule has 3 heteroatoms. The molecule has 1 atom stereocenters. The van der Waals surface area contributed by atoms with Crippen molar-refractivity contribution in [2.75, 3.05) is 11.4 Å². The van der Waals surface area contributed by atoms with Gasteiger partial charge in [-0.3, -0.25) is 4.90 Å². The minimum Gasteiger partial charge on any atom is -0.622 e. The predicted molar refractivity (Wildman–Crippen MR) is 77.4 cm³/mol. The first-order valence-corrected chi connectivity index (χ1v) is 6.43. The Labute approximate surface area is 113 Å². The zero-order valence-corrected chi connectivity index (χ0v) is 10.9. The molecule has 2 aromatic rings. The Kier molecular flexibility index (Phi) is 2.95. The van der Waals surface area contributed by atoms with Gasteiger partial charge in [0.05, 0.1) is 0 Å². The van der Waals surface area contributed by atoms with Crippen LogP contribution in [0.2, 0.25) is 0 Å². The van der Waals surface area contributed by atoms with Crippen LogP contribution in [0.3, 0.4) is 0 Å². The lowest BCUT2D eigenvalue weighted by Crippen LogP contribution is -2.27. The van der Waals surface area contributed by atoms with E-state index in [1.807, 2.05) is 30.3 Å². The van der Waals surface area contributed by atoms with E-state index in [9.17, 15) is 5.21 Å². The van der Waals surface area contributed by atoms with Gasteiger partial charge in [0.1, 0.15) is 6.54 Å². The SMILES string of the molecule is Cc1ccc(N2CC=[N+]([O-])C2c2ccccc2)cc1. The third-order valence-corrected chi connectivity index (χ3v) is 3.46. The van der Waals surface area contributed by atoms with Gasteiger partial charge in [0.2, 0.25) is 0 Å². The lowest BCUT2D eigenvalue weighted by Gasteiger charge is -2.24. The summed E-state index contributed by atoms with van der Waals surface area (Å²) in [7, 11) is 0. The summed E-state index contributed by atoms with van der Waals surface area (Å²) >= 11 is 0. The highest BCUT2D eigenvalue weighted by Gasteiger charge is 2.32. The molecule has 1 aliphatic heterocycles. The number of benzene rings is 2. The van der Waals surface area contributed by atoms with Gasteiger partial charge < -0.3 is 5.21 Å². The second-order valence-corrected chi connectivity index (χ2v) is 4.81. The van der Waals surface area contributed by atoms with Crippen LogP contribution in [0, 0.1) is 12.1 Å². The summed E-state index contributed by atoms with van der Waals surface area (Å²) in [6.45, 7) is 2.71. The van der Waals surface area contributed by atoms with E-state index < -0.39 is 0 Å². The fourth-order valence-corrected chi connectivity index (χ4v) is 2.44. The summed E-state index contributed by atoms with van der Waals surface area (Å²) < 4.78 is 1.04. The molecule has 19 heavy (non-hydrogen) atoms. The largest absolute Gasteiger partial charge is 0.622 e. The maximum absolute atomic E-state index is 12.0. The van der Waals surface area contributed by atoms with E-state index in [0.29, 0.717) is 6.54 Å². The number of nitrogens with zero attached hydrogens (tertiary/aromatic N) is 2. The normalized spacial score (nSPS) is 18.5. The molecule has 0 saturated heterocycles. The summed E-state index contributed by atoms with van der Waals surface area (Å²) in [6.07, 6.45) is 1.43. The molecule has 3 nitrogen and oxygen atoms in total. The van der Waals surface area contributed by atoms with Crippen LogP contribution < -0.4 is 4.90 Å². The van der Waals surface area contributed by atoms with Crippen LogP contribution in [-0.4, -0.2) is 17.5 Å². The molecule has 0 radical (unpaired) electrons. The third-order valence-electron chi connectivity index (χ3n) is 3.46. The average Bonchev–Trinajstić information content (AvgIpc) is 2.82. The van der Waals surface area contributed by atoms with Gasteiger partial charge in [0, 0.05) is 11.3 Å². The van der Waals surface area contributed by atoms with E-state index in [0.717, 1.165) is 16.0 Å². The van der Waals surface area contributed by atoms with Crippen molar-refractivity contribution in [1.29, 1.82) is 0 Å². The van der Waals surface area contributed by atoms with Gasteiger partial charge in [-0.1, -0.05) is 48.0 Å². The van der Waals surface area contributed by atoms with Crippen molar-refractivity contribution in [2.24, 2.45) is 0 Å². The maximum Gasteiger partial charge on any atom is 0.265 e. The van der Waals surface area contributed by atoms with Gasteiger partial charge in [-0.25, -0.2) is 0 Å². The van der Waals surface area contributed by atoms with Gasteiger partial charge in [-0.05, 0) is 19.1 Å².